The van der Waals surface area contributed by atoms with Gasteiger partial charge in [-0.25, -0.2) is 9.59 Å². The number of amides is 6. The summed E-state index contributed by atoms with van der Waals surface area (Å²) in [5, 5.41) is 153. The minimum absolute atomic E-state index is 0.0713. The van der Waals surface area contributed by atoms with Gasteiger partial charge in [-0.05, 0) is 136 Å². The predicted molar refractivity (Wildman–Crippen MR) is 388 cm³/mol. The summed E-state index contributed by atoms with van der Waals surface area (Å²) in [6, 6.07) is 0.0725. The van der Waals surface area contributed by atoms with Crippen LogP contribution in [0.4, 0.5) is 9.59 Å². The zero-order valence-electron chi connectivity index (χ0n) is 65.7. The molecule has 14 unspecified atom stereocenters. The molecule has 0 aromatic heterocycles. The molecule has 0 aliphatic carbocycles. The van der Waals surface area contributed by atoms with Crippen molar-refractivity contribution in [3.8, 4) is 0 Å². The molecule has 0 saturated carbocycles. The molecule has 0 radical (unpaired) electrons. The Morgan fingerprint density at radius 3 is 1.03 bits per heavy atom. The van der Waals surface area contributed by atoms with Gasteiger partial charge in [0, 0.05) is 59.5 Å². The molecule has 8 fully saturated rings. The van der Waals surface area contributed by atoms with Crippen LogP contribution >= 0.6 is 23.5 Å². The summed E-state index contributed by atoms with van der Waals surface area (Å²) in [5.41, 5.74) is -32.3. The van der Waals surface area contributed by atoms with E-state index >= 15 is 0 Å². The number of thioether (sulfide) groups is 2. The maximum Gasteiger partial charge on any atom is 0.315 e. The zero-order chi connectivity index (χ0) is 80.5. The fourth-order valence-corrected chi connectivity index (χ4v) is 20.9. The summed E-state index contributed by atoms with van der Waals surface area (Å²) >= 11 is 3.60. The van der Waals surface area contributed by atoms with Crippen molar-refractivity contribution in [2.24, 2.45) is 10.8 Å². The van der Waals surface area contributed by atoms with E-state index in [1.807, 2.05) is 0 Å². The van der Waals surface area contributed by atoms with E-state index in [0.29, 0.717) is 12.8 Å². The van der Waals surface area contributed by atoms with Gasteiger partial charge in [0.25, 0.3) is 0 Å². The molecule has 0 bridgehead atoms. The highest BCUT2D eigenvalue weighted by molar-refractivity contribution is 8.00. The molecule has 0 aromatic carbocycles. The lowest BCUT2D eigenvalue weighted by Crippen LogP contribution is -2.85. The molecule has 8 aliphatic rings. The Balaban J connectivity index is 0.000000296. The second-order valence-electron chi connectivity index (χ2n) is 34.8. The first-order valence-electron chi connectivity index (χ1n) is 36.7. The van der Waals surface area contributed by atoms with E-state index in [2.05, 4.69) is 31.9 Å². The van der Waals surface area contributed by atoms with Gasteiger partial charge < -0.3 is 131 Å². The van der Waals surface area contributed by atoms with Crippen molar-refractivity contribution in [2.45, 2.75) is 326 Å². The molecule has 18 N–H and O–H groups in total. The third-order valence-corrected chi connectivity index (χ3v) is 30.3. The Bertz CT molecular complexity index is 3010. The number of ether oxygens (including phenoxy) is 8. The highest BCUT2D eigenvalue weighted by Gasteiger charge is 2.77. The van der Waals surface area contributed by atoms with E-state index in [1.165, 1.54) is 96.9 Å². The molecular weight excluding hydrogens is 1430 g/mol. The minimum Gasteiger partial charge on any atom is -0.463 e. The van der Waals surface area contributed by atoms with Crippen LogP contribution in [0.1, 0.15) is 190 Å². The number of hydrogen-bond donors (Lipinski definition) is 18. The van der Waals surface area contributed by atoms with Gasteiger partial charge in [-0.1, -0.05) is 26.7 Å². The normalized spacial score (nSPS) is 48.1. The minimum atomic E-state index is -2.22. The number of carbonyl (C=O) groups excluding carboxylic acids is 6. The monoisotopic (exact) mass is 1550 g/mol. The second-order valence-corrected chi connectivity index (χ2v) is 37.3. The van der Waals surface area contributed by atoms with Crippen LogP contribution in [0.5, 0.6) is 0 Å². The quantitative estimate of drug-likeness (QED) is 0.0272. The molecule has 32 nitrogen and oxygen atoms in total. The molecule has 0 aromatic rings. The zero-order valence-corrected chi connectivity index (χ0v) is 67.3. The molecule has 8 aliphatic heterocycles. The van der Waals surface area contributed by atoms with Crippen LogP contribution in [0.3, 0.4) is 0 Å². The number of nitrogens with one attached hydrogen (secondary N) is 6. The number of hydrogen-bond acceptors (Lipinski definition) is 28. The van der Waals surface area contributed by atoms with Gasteiger partial charge in [-0.2, -0.15) is 23.5 Å². The predicted octanol–water partition coefficient (Wildman–Crippen LogP) is -0.266. The number of carbonyl (C=O) groups is 6. The lowest BCUT2D eigenvalue weighted by atomic mass is 9.55. The van der Waals surface area contributed by atoms with Crippen LogP contribution in [0.25, 0.3) is 0 Å². The third kappa shape index (κ3) is 14.9. The molecule has 8 saturated heterocycles. The molecule has 0 spiro atoms. The van der Waals surface area contributed by atoms with E-state index in [9.17, 15) is 90.0 Å². The van der Waals surface area contributed by atoms with Gasteiger partial charge in [-0.15, -0.1) is 0 Å². The van der Waals surface area contributed by atoms with Gasteiger partial charge in [0.2, 0.25) is 11.8 Å². The summed E-state index contributed by atoms with van der Waals surface area (Å²) in [6.45, 7) is 23.7. The Labute approximate surface area is 631 Å². The molecule has 106 heavy (non-hydrogen) atoms. The summed E-state index contributed by atoms with van der Waals surface area (Å²) < 4.78 is 49.3. The molecule has 8 heterocycles. The molecular formula is C72H126N6O26S2. The lowest BCUT2D eigenvalue weighted by molar-refractivity contribution is -0.408. The average Bonchev–Trinajstić information content (AvgIpc) is 1.34. The van der Waals surface area contributed by atoms with Crippen molar-refractivity contribution in [3.63, 3.8) is 0 Å². The highest BCUT2D eigenvalue weighted by Crippen LogP contribution is 2.59. The number of unbranched alkanes of at least 4 members (excludes halogenated alkanes) is 2. The van der Waals surface area contributed by atoms with Crippen LogP contribution in [-0.2, 0) is 57.1 Å². The SMILES string of the molecule is CC(=O)NC1(C)C(C)(COC[C@]2(C)OC(C)(CO)[C@](C)(O)C(C)(O)C2(C)O)[C@H](O)C(C)(CO)O[C@@]1(C)COC(=O)CCCCC1SC[C@@H]2NC(=O)N[C@H]12.CC(=O)NC1(C)C(C)(COC[C@]2(C)OC(C)(CO)[C@](C)(O)C(C)(O)C2(C)O)[C@H](O)C(C)(CO)O[C@@]1(C)COC(=O)CCCCC1SC[C@@H]2NC(=O)N[C@H]12. The molecule has 26 atom stereocenters. The van der Waals surface area contributed by atoms with Crippen molar-refractivity contribution in [3.05, 3.63) is 0 Å². The number of urea groups is 2. The van der Waals surface area contributed by atoms with Crippen LogP contribution in [0, 0.1) is 10.8 Å². The van der Waals surface area contributed by atoms with E-state index < -0.39 is 176 Å². The van der Waals surface area contributed by atoms with Crippen LogP contribution in [0.15, 0.2) is 0 Å². The Morgan fingerprint density at radius 2 is 0.736 bits per heavy atom. The van der Waals surface area contributed by atoms with Gasteiger partial charge in [0.15, 0.2) is 0 Å². The second kappa shape index (κ2) is 30.7. The highest BCUT2D eigenvalue weighted by atomic mass is 32.2. The number of rotatable bonds is 28. The van der Waals surface area contributed by atoms with Crippen LogP contribution < -0.4 is 31.9 Å². The number of fused-ring (bicyclic) bond motifs is 2. The summed E-state index contributed by atoms with van der Waals surface area (Å²) in [6.07, 6.45) is 1.50. The maximum atomic E-state index is 13.1. The van der Waals surface area contributed by atoms with E-state index in [0.717, 1.165) is 37.2 Å². The Hall–Kier alpha value is -3.60. The van der Waals surface area contributed by atoms with Gasteiger partial charge in [-0.3, -0.25) is 19.2 Å². The Morgan fingerprint density at radius 1 is 0.425 bits per heavy atom. The number of esters is 2. The van der Waals surface area contributed by atoms with Crippen molar-refractivity contribution in [1.29, 1.82) is 0 Å². The first-order valence-corrected chi connectivity index (χ1v) is 38.8. The number of aliphatic hydroxyl groups excluding tert-OH is 6. The summed E-state index contributed by atoms with van der Waals surface area (Å²) in [4.78, 5) is 75.3. The first-order chi connectivity index (χ1) is 48.3. The third-order valence-electron chi connectivity index (χ3n) is 27.3. The van der Waals surface area contributed by atoms with Gasteiger partial charge in [0.05, 0.1) is 100 Å². The molecule has 612 valence electrons. The van der Waals surface area contributed by atoms with Crippen LogP contribution in [-0.4, -0.2) is 311 Å². The van der Waals surface area contributed by atoms with E-state index in [4.69, 9.17) is 37.9 Å². The smallest absolute Gasteiger partial charge is 0.315 e. The van der Waals surface area contributed by atoms with Crippen molar-refractivity contribution >= 4 is 59.3 Å². The largest absolute Gasteiger partial charge is 0.463 e. The van der Waals surface area contributed by atoms with Crippen molar-refractivity contribution in [2.75, 3.05) is 77.6 Å². The van der Waals surface area contributed by atoms with Crippen molar-refractivity contribution < 1.29 is 128 Å². The summed E-state index contributed by atoms with van der Waals surface area (Å²) in [7, 11) is 0. The fourth-order valence-electron chi connectivity index (χ4n) is 17.9. The Kier molecular flexibility index (Phi) is 26.0. The average molecular weight is 1560 g/mol. The number of aliphatic hydroxyl groups is 12. The summed E-state index contributed by atoms with van der Waals surface area (Å²) in [5.74, 6) is -0.278. The lowest BCUT2D eigenvalue weighted by Gasteiger charge is -2.66. The van der Waals surface area contributed by atoms with Crippen LogP contribution in [0.2, 0.25) is 0 Å². The first kappa shape index (κ1) is 89.6. The maximum absolute atomic E-state index is 13.1. The topological polar surface area (TPSA) is 491 Å². The fraction of sp³-hybridized carbons (Fsp3) is 0.917. The molecule has 6 amide bonds. The van der Waals surface area contributed by atoms with Gasteiger partial charge in [0.1, 0.15) is 91.6 Å². The standard InChI is InChI=1S/2C36H63N3O13S/c2*1-21(42)39-33(7)28(2,18-49-19-32(6)35(9,47)36(10,48)34(8,46)30(4,17-41)52-32)26(44)29(3,16-40)51-31(33,5)20-50-24(43)14-12-11-13-23-25-22(15-53-23)37-27(45)38-25/h2*22-23,25-26,40-41,44,46-48H,11-20H2,1-10H3,(H,39,42)(H2,37,38,45)/t2*22-,23?,25-,26-,28?,29?,30?,31-,32-,33?,34-,35?,36?/m00/s1. The molecule has 8 rings (SSSR count). The van der Waals surface area contributed by atoms with Crippen molar-refractivity contribution in [1.82, 2.24) is 31.9 Å². The molecule has 34 heteroatoms. The van der Waals surface area contributed by atoms with E-state index in [1.54, 1.807) is 65.1 Å². The van der Waals surface area contributed by atoms with Gasteiger partial charge >= 0.3 is 24.0 Å². The van der Waals surface area contributed by atoms with E-state index in [-0.39, 0.29) is 86.0 Å².